The molecule has 0 aliphatic carbocycles. The monoisotopic (exact) mass is 499 g/mol. The van der Waals surface area contributed by atoms with E-state index in [0.717, 1.165) is 0 Å². The summed E-state index contributed by atoms with van der Waals surface area (Å²) in [6.07, 6.45) is 0. The maximum absolute atomic E-state index is 12.2. The minimum atomic E-state index is -0.945. The zero-order valence-electron chi connectivity index (χ0n) is 17.9. The smallest absolute Gasteiger partial charge is 0.242 e. The first-order chi connectivity index (χ1) is 13.4. The molecule has 0 saturated carbocycles. The first kappa shape index (κ1) is 28.4. The maximum atomic E-state index is 12.2. The number of amides is 5. The average molecular weight is 499 g/mol. The molecule has 0 aromatic carbocycles. The molecule has 5 amide bonds. The summed E-state index contributed by atoms with van der Waals surface area (Å²) in [6.45, 7) is 12.7. The van der Waals surface area contributed by atoms with Crippen molar-refractivity contribution in [2.24, 2.45) is 0 Å². The van der Waals surface area contributed by atoms with Gasteiger partial charge in [0.15, 0.2) is 0 Å². The molecule has 1 heterocycles. The third-order valence-corrected chi connectivity index (χ3v) is 4.24. The Labute approximate surface area is 201 Å². The van der Waals surface area contributed by atoms with Gasteiger partial charge in [0.1, 0.15) is 24.2 Å². The van der Waals surface area contributed by atoms with Gasteiger partial charge in [-0.3, -0.25) is 24.0 Å². The summed E-state index contributed by atoms with van der Waals surface area (Å²) in [5, 5.41) is 15.3. The van der Waals surface area contributed by atoms with Crippen LogP contribution in [0.1, 0.15) is 34.6 Å². The summed E-state index contributed by atoms with van der Waals surface area (Å²) < 4.78 is 0. The van der Waals surface area contributed by atoms with Crippen molar-refractivity contribution in [1.82, 2.24) is 31.9 Å². The van der Waals surface area contributed by atoms with Gasteiger partial charge in [-0.15, -0.1) is 0 Å². The van der Waals surface area contributed by atoms with Crippen LogP contribution in [-0.4, -0.2) is 65.8 Å². The SMILES string of the molecule is [CH2-][C@H]1N[CH-]C(C)NC(=O)C(C)NC(=O)C(C)NC(=O)C(C)NC(=O)C(C)NC1=O.[Y]. The molecule has 1 rings (SSSR count). The number of carbonyl (C=O) groups excluding carboxylic acids is 5. The van der Waals surface area contributed by atoms with E-state index in [4.69, 9.17) is 0 Å². The Kier molecular flexibility index (Phi) is 12.3. The van der Waals surface area contributed by atoms with Crippen molar-refractivity contribution in [2.75, 3.05) is 0 Å². The molecule has 12 heteroatoms. The van der Waals surface area contributed by atoms with Crippen molar-refractivity contribution in [1.29, 1.82) is 0 Å². The molecule has 6 atom stereocenters. The number of hydrogen-bond donors (Lipinski definition) is 6. The van der Waals surface area contributed by atoms with Crippen LogP contribution < -0.4 is 31.9 Å². The molecule has 1 saturated heterocycles. The van der Waals surface area contributed by atoms with Crippen LogP contribution in [0.25, 0.3) is 0 Å². The number of rotatable bonds is 0. The van der Waals surface area contributed by atoms with Gasteiger partial charge in [0.05, 0.1) is 0 Å². The van der Waals surface area contributed by atoms with Crippen LogP contribution in [0.5, 0.6) is 0 Å². The van der Waals surface area contributed by atoms with E-state index in [1.54, 1.807) is 6.92 Å². The summed E-state index contributed by atoms with van der Waals surface area (Å²) >= 11 is 0. The van der Waals surface area contributed by atoms with Crippen molar-refractivity contribution >= 4 is 29.5 Å². The van der Waals surface area contributed by atoms with Crippen LogP contribution in [0.3, 0.4) is 0 Å². The second kappa shape index (κ2) is 13.0. The van der Waals surface area contributed by atoms with Gasteiger partial charge in [0.2, 0.25) is 29.5 Å². The Bertz CT molecular complexity index is 657. The molecule has 30 heavy (non-hydrogen) atoms. The molecule has 0 bridgehead atoms. The predicted molar refractivity (Wildman–Crippen MR) is 105 cm³/mol. The van der Waals surface area contributed by atoms with E-state index < -0.39 is 65.8 Å². The van der Waals surface area contributed by atoms with Crippen LogP contribution in [0.4, 0.5) is 0 Å². The molecule has 0 aromatic rings. The summed E-state index contributed by atoms with van der Waals surface area (Å²) in [5.41, 5.74) is 0. The van der Waals surface area contributed by atoms with Gasteiger partial charge in [0, 0.05) is 32.7 Å². The van der Waals surface area contributed by atoms with Gasteiger partial charge in [-0.2, -0.15) is 0 Å². The molecule has 6 N–H and O–H groups in total. The molecular weight excluding hydrogens is 469 g/mol. The van der Waals surface area contributed by atoms with E-state index in [1.807, 2.05) is 0 Å². The predicted octanol–water partition coefficient (Wildman–Crippen LogP) is -2.52. The van der Waals surface area contributed by atoms with Crippen LogP contribution in [0.2, 0.25) is 0 Å². The van der Waals surface area contributed by atoms with E-state index >= 15 is 0 Å². The van der Waals surface area contributed by atoms with Crippen LogP contribution in [0, 0.1) is 13.5 Å². The van der Waals surface area contributed by atoms with E-state index in [9.17, 15) is 24.0 Å². The fourth-order valence-corrected chi connectivity index (χ4v) is 2.32. The summed E-state index contributed by atoms with van der Waals surface area (Å²) in [5.74, 6) is -2.67. The van der Waals surface area contributed by atoms with Crippen molar-refractivity contribution in [3.63, 3.8) is 0 Å². The molecule has 5 unspecified atom stereocenters. The normalized spacial score (nSPS) is 32.8. The maximum Gasteiger partial charge on any atom is 0.242 e. The summed E-state index contributed by atoms with van der Waals surface area (Å²) in [4.78, 5) is 61.0. The van der Waals surface area contributed by atoms with Gasteiger partial charge in [-0.25, -0.2) is 6.54 Å². The molecule has 1 aliphatic heterocycles. The zero-order valence-corrected chi connectivity index (χ0v) is 20.7. The summed E-state index contributed by atoms with van der Waals surface area (Å²) in [6, 6.07) is -5.03. The average Bonchev–Trinajstić information content (AvgIpc) is 2.64. The van der Waals surface area contributed by atoms with Crippen LogP contribution >= 0.6 is 0 Å². The van der Waals surface area contributed by atoms with Crippen LogP contribution in [0.15, 0.2) is 0 Å². The molecular formula is C18H30N6O5Y-2. The second-order valence-electron chi connectivity index (χ2n) is 7.10. The summed E-state index contributed by atoms with van der Waals surface area (Å²) in [7, 11) is 0. The Hall–Kier alpha value is -1.59. The van der Waals surface area contributed by atoms with Crippen molar-refractivity contribution < 1.29 is 56.7 Å². The second-order valence-corrected chi connectivity index (χ2v) is 7.10. The molecule has 1 aliphatic rings. The Morgan fingerprint density at radius 1 is 0.600 bits per heavy atom. The standard InChI is InChI=1S/C18H30N6O5.Y/c1-8-7-19-9(2)14(25)21-11(4)16(27)23-13(6)18(29)24-12(5)17(28)22-10(3)15(26)20-8;/h7-13,19H,2H2,1,3-6H3,(H,20,26)(H,21,25)(H,22,28)(H,23,27)(H,24,29);/q-2;/t8?,9-,10?,11?,12?,13?;/m1./s1. The van der Waals surface area contributed by atoms with Crippen molar-refractivity contribution in [3.8, 4) is 0 Å². The van der Waals surface area contributed by atoms with E-state index in [0.29, 0.717) is 0 Å². The largest absolute Gasteiger partial charge is 0.483 e. The number of hydrogen-bond acceptors (Lipinski definition) is 6. The first-order valence-corrected chi connectivity index (χ1v) is 9.36. The minimum Gasteiger partial charge on any atom is -0.483 e. The van der Waals surface area contributed by atoms with E-state index in [2.05, 4.69) is 38.8 Å². The third kappa shape index (κ3) is 9.05. The molecule has 0 aromatic heterocycles. The van der Waals surface area contributed by atoms with Crippen molar-refractivity contribution in [2.45, 2.75) is 70.9 Å². The fraction of sp³-hybridized carbons (Fsp3) is 0.611. The van der Waals surface area contributed by atoms with Gasteiger partial charge in [-0.05, 0) is 27.7 Å². The first-order valence-electron chi connectivity index (χ1n) is 9.36. The molecule has 1 fully saturated rings. The number of carbonyl (C=O) groups is 5. The Morgan fingerprint density at radius 3 is 1.27 bits per heavy atom. The van der Waals surface area contributed by atoms with Crippen LogP contribution in [-0.2, 0) is 56.7 Å². The van der Waals surface area contributed by atoms with E-state index in [1.165, 1.54) is 34.2 Å². The van der Waals surface area contributed by atoms with Gasteiger partial charge in [-0.1, -0.05) is 19.0 Å². The fourth-order valence-electron chi connectivity index (χ4n) is 2.32. The van der Waals surface area contributed by atoms with Gasteiger partial charge in [0.25, 0.3) is 0 Å². The quantitative estimate of drug-likeness (QED) is 0.202. The number of nitrogens with one attached hydrogen (secondary N) is 6. The Morgan fingerprint density at radius 2 is 0.900 bits per heavy atom. The van der Waals surface area contributed by atoms with Gasteiger partial charge >= 0.3 is 0 Å². The molecule has 167 valence electrons. The minimum absolute atomic E-state index is 0. The van der Waals surface area contributed by atoms with Crippen molar-refractivity contribution in [3.05, 3.63) is 13.5 Å². The molecule has 11 nitrogen and oxygen atoms in total. The Balaban J connectivity index is 0.00000841. The van der Waals surface area contributed by atoms with Gasteiger partial charge < -0.3 is 38.8 Å². The topological polar surface area (TPSA) is 158 Å². The molecule has 0 spiro atoms. The third-order valence-electron chi connectivity index (χ3n) is 4.24. The zero-order chi connectivity index (χ0) is 22.3. The van der Waals surface area contributed by atoms with E-state index in [-0.39, 0.29) is 32.7 Å². The molecule has 1 radical (unpaired) electrons.